The lowest BCUT2D eigenvalue weighted by atomic mass is 10.5. The van der Waals surface area contributed by atoms with E-state index < -0.39 is 0 Å². The van der Waals surface area contributed by atoms with Gasteiger partial charge in [-0.1, -0.05) is 11.8 Å². The largest absolute Gasteiger partial charge is 0.396 e. The van der Waals surface area contributed by atoms with Gasteiger partial charge in [0.2, 0.25) is 0 Å². The van der Waals surface area contributed by atoms with Crippen LogP contribution in [0.5, 0.6) is 0 Å². The van der Waals surface area contributed by atoms with E-state index in [-0.39, 0.29) is 12.3 Å². The smallest absolute Gasteiger partial charge is 0.343 e. The van der Waals surface area contributed by atoms with Gasteiger partial charge in [-0.3, -0.25) is 4.57 Å². The summed E-state index contributed by atoms with van der Waals surface area (Å²) < 4.78 is 1.57. The van der Waals surface area contributed by atoms with Gasteiger partial charge in [0.1, 0.15) is 0 Å². The van der Waals surface area contributed by atoms with Crippen molar-refractivity contribution in [1.82, 2.24) is 14.8 Å². The van der Waals surface area contributed by atoms with Crippen molar-refractivity contribution in [2.24, 2.45) is 0 Å². The third-order valence-electron chi connectivity index (χ3n) is 1.57. The first kappa shape index (κ1) is 10.3. The van der Waals surface area contributed by atoms with Gasteiger partial charge in [-0.05, 0) is 13.3 Å². The maximum absolute atomic E-state index is 11.1. The summed E-state index contributed by atoms with van der Waals surface area (Å²) in [6.45, 7) is 2.69. The molecule has 0 unspecified atom stereocenters. The molecule has 0 aromatic carbocycles. The van der Waals surface area contributed by atoms with E-state index in [1.165, 1.54) is 11.8 Å². The topological polar surface area (TPSA) is 70.9 Å². The van der Waals surface area contributed by atoms with Crippen LogP contribution in [0.25, 0.3) is 0 Å². The molecule has 5 nitrogen and oxygen atoms in total. The summed E-state index contributed by atoms with van der Waals surface area (Å²) in [5, 5.41) is 15.5. The number of aromatic amines is 1. The molecular weight excluding hydrogens is 190 g/mol. The molecule has 0 fully saturated rings. The van der Waals surface area contributed by atoms with Gasteiger partial charge in [-0.25, -0.2) is 9.89 Å². The highest BCUT2D eigenvalue weighted by atomic mass is 32.2. The quantitative estimate of drug-likeness (QED) is 0.524. The number of aliphatic hydroxyl groups is 1. The van der Waals surface area contributed by atoms with Crippen LogP contribution in [0.1, 0.15) is 13.3 Å². The van der Waals surface area contributed by atoms with Crippen molar-refractivity contribution in [2.75, 3.05) is 12.4 Å². The SMILES string of the molecule is CCn1c(SCCCO)n[nH]c1=O. The second-order valence-corrected chi connectivity index (χ2v) is 3.54. The van der Waals surface area contributed by atoms with Crippen molar-refractivity contribution in [2.45, 2.75) is 25.0 Å². The fourth-order valence-electron chi connectivity index (χ4n) is 0.920. The Balaban J connectivity index is 2.60. The number of nitrogens with zero attached hydrogens (tertiary/aromatic N) is 2. The summed E-state index contributed by atoms with van der Waals surface area (Å²) in [5.74, 6) is 0.779. The lowest BCUT2D eigenvalue weighted by Gasteiger charge is -1.99. The Morgan fingerprint density at radius 3 is 3.08 bits per heavy atom. The van der Waals surface area contributed by atoms with Crippen LogP contribution < -0.4 is 5.69 Å². The highest BCUT2D eigenvalue weighted by Crippen LogP contribution is 2.13. The molecule has 74 valence electrons. The molecule has 0 spiro atoms. The van der Waals surface area contributed by atoms with E-state index in [0.29, 0.717) is 11.7 Å². The second-order valence-electron chi connectivity index (χ2n) is 2.48. The van der Waals surface area contributed by atoms with E-state index in [2.05, 4.69) is 10.2 Å². The molecule has 0 aliphatic carbocycles. The Morgan fingerprint density at radius 1 is 1.69 bits per heavy atom. The van der Waals surface area contributed by atoms with E-state index >= 15 is 0 Å². The summed E-state index contributed by atoms with van der Waals surface area (Å²) in [6, 6.07) is 0. The van der Waals surface area contributed by atoms with Crippen molar-refractivity contribution in [3.63, 3.8) is 0 Å². The standard InChI is InChI=1S/C7H13N3O2S/c1-2-10-6(12)8-9-7(10)13-5-3-4-11/h11H,2-5H2,1H3,(H,8,12). The van der Waals surface area contributed by atoms with E-state index in [0.717, 1.165) is 12.2 Å². The van der Waals surface area contributed by atoms with Gasteiger partial charge in [-0.15, -0.1) is 5.10 Å². The Bertz CT molecular complexity index is 307. The summed E-state index contributed by atoms with van der Waals surface area (Å²) in [4.78, 5) is 11.1. The minimum Gasteiger partial charge on any atom is -0.396 e. The molecule has 13 heavy (non-hydrogen) atoms. The average Bonchev–Trinajstić information content (AvgIpc) is 2.47. The zero-order valence-electron chi connectivity index (χ0n) is 7.49. The van der Waals surface area contributed by atoms with Crippen molar-refractivity contribution in [3.05, 3.63) is 10.5 Å². The van der Waals surface area contributed by atoms with Crippen LogP contribution in [-0.2, 0) is 6.54 Å². The van der Waals surface area contributed by atoms with E-state index in [1.807, 2.05) is 6.92 Å². The summed E-state index contributed by atoms with van der Waals surface area (Å²) in [7, 11) is 0. The molecule has 6 heteroatoms. The number of aliphatic hydroxyl groups excluding tert-OH is 1. The number of nitrogens with one attached hydrogen (secondary N) is 1. The molecule has 2 N–H and O–H groups in total. The number of rotatable bonds is 5. The molecule has 1 aromatic rings. The van der Waals surface area contributed by atoms with Crippen LogP contribution in [0.15, 0.2) is 9.95 Å². The van der Waals surface area contributed by atoms with Crippen molar-refractivity contribution < 1.29 is 5.11 Å². The molecule has 0 saturated carbocycles. The minimum absolute atomic E-state index is 0.172. The summed E-state index contributed by atoms with van der Waals surface area (Å²) >= 11 is 1.48. The van der Waals surface area contributed by atoms with Gasteiger partial charge >= 0.3 is 5.69 Å². The predicted octanol–water partition coefficient (Wildman–Crippen LogP) is 0.0658. The molecule has 0 saturated heterocycles. The van der Waals surface area contributed by atoms with Gasteiger partial charge < -0.3 is 5.11 Å². The van der Waals surface area contributed by atoms with Gasteiger partial charge in [0.15, 0.2) is 5.16 Å². The van der Waals surface area contributed by atoms with Crippen molar-refractivity contribution in [1.29, 1.82) is 0 Å². The van der Waals surface area contributed by atoms with Crippen LogP contribution in [0.4, 0.5) is 0 Å². The number of thioether (sulfide) groups is 1. The first-order chi connectivity index (χ1) is 6.29. The van der Waals surface area contributed by atoms with Gasteiger partial charge in [0.05, 0.1) is 0 Å². The summed E-state index contributed by atoms with van der Waals surface area (Å²) in [6.07, 6.45) is 0.718. The fourth-order valence-corrected chi connectivity index (χ4v) is 1.85. The van der Waals surface area contributed by atoms with Crippen molar-refractivity contribution in [3.8, 4) is 0 Å². The van der Waals surface area contributed by atoms with Gasteiger partial charge in [0, 0.05) is 18.9 Å². The van der Waals surface area contributed by atoms with Gasteiger partial charge in [-0.2, -0.15) is 0 Å². The first-order valence-electron chi connectivity index (χ1n) is 4.18. The average molecular weight is 203 g/mol. The Hall–Kier alpha value is -0.750. The van der Waals surface area contributed by atoms with E-state index in [1.54, 1.807) is 4.57 Å². The van der Waals surface area contributed by atoms with Crippen LogP contribution >= 0.6 is 11.8 Å². The maximum atomic E-state index is 11.1. The Morgan fingerprint density at radius 2 is 2.46 bits per heavy atom. The molecule has 1 aromatic heterocycles. The first-order valence-corrected chi connectivity index (χ1v) is 5.17. The fraction of sp³-hybridized carbons (Fsp3) is 0.714. The van der Waals surface area contributed by atoms with Crippen LogP contribution in [0, 0.1) is 0 Å². The molecule has 0 atom stereocenters. The van der Waals surface area contributed by atoms with Gasteiger partial charge in [0.25, 0.3) is 0 Å². The predicted molar refractivity (Wildman–Crippen MR) is 50.9 cm³/mol. The zero-order valence-corrected chi connectivity index (χ0v) is 8.30. The highest BCUT2D eigenvalue weighted by molar-refractivity contribution is 7.99. The Kier molecular flexibility index (Phi) is 4.04. The van der Waals surface area contributed by atoms with Crippen LogP contribution in [0.3, 0.4) is 0 Å². The molecule has 0 aliphatic rings. The molecule has 1 heterocycles. The maximum Gasteiger partial charge on any atom is 0.343 e. The third kappa shape index (κ3) is 2.60. The number of H-pyrrole nitrogens is 1. The monoisotopic (exact) mass is 203 g/mol. The summed E-state index contributed by atoms with van der Waals surface area (Å²) in [5.41, 5.74) is -0.172. The Labute approximate surface area is 80.2 Å². The minimum atomic E-state index is -0.172. The zero-order chi connectivity index (χ0) is 9.68. The molecule has 0 amide bonds. The van der Waals surface area contributed by atoms with Crippen LogP contribution in [-0.4, -0.2) is 32.2 Å². The number of hydrogen-bond donors (Lipinski definition) is 2. The second kappa shape index (κ2) is 5.08. The van der Waals surface area contributed by atoms with Crippen LogP contribution in [0.2, 0.25) is 0 Å². The number of aromatic nitrogens is 3. The highest BCUT2D eigenvalue weighted by Gasteiger charge is 2.05. The number of hydrogen-bond acceptors (Lipinski definition) is 4. The molecule has 0 radical (unpaired) electrons. The molecular formula is C7H13N3O2S. The molecule has 0 bridgehead atoms. The lowest BCUT2D eigenvalue weighted by molar-refractivity contribution is 0.296. The third-order valence-corrected chi connectivity index (χ3v) is 2.64. The molecule has 0 aliphatic heterocycles. The molecule has 1 rings (SSSR count). The van der Waals surface area contributed by atoms with E-state index in [4.69, 9.17) is 5.11 Å². The normalized spacial score (nSPS) is 10.6. The van der Waals surface area contributed by atoms with E-state index in [9.17, 15) is 4.79 Å². The van der Waals surface area contributed by atoms with Crippen molar-refractivity contribution >= 4 is 11.8 Å². The lowest BCUT2D eigenvalue weighted by Crippen LogP contribution is -2.16.